The van der Waals surface area contributed by atoms with Crippen molar-refractivity contribution >= 4 is 0 Å². The SMILES string of the molecule is CC1(CNCCC2(N)CCCCC2)CCCC1. The van der Waals surface area contributed by atoms with Crippen molar-refractivity contribution in [1.82, 2.24) is 5.32 Å². The molecule has 3 N–H and O–H groups in total. The number of hydrogen-bond acceptors (Lipinski definition) is 2. The van der Waals surface area contributed by atoms with Crippen LogP contribution in [0.25, 0.3) is 0 Å². The van der Waals surface area contributed by atoms with E-state index in [4.69, 9.17) is 5.73 Å². The fourth-order valence-electron chi connectivity index (χ4n) is 3.64. The van der Waals surface area contributed by atoms with Crippen LogP contribution in [0, 0.1) is 5.41 Å². The van der Waals surface area contributed by atoms with Crippen LogP contribution in [0.5, 0.6) is 0 Å². The first-order valence-corrected chi connectivity index (χ1v) is 7.62. The van der Waals surface area contributed by atoms with E-state index in [1.165, 1.54) is 70.8 Å². The molecule has 0 amide bonds. The Balaban J connectivity index is 1.62. The first-order chi connectivity index (χ1) is 8.12. The highest BCUT2D eigenvalue weighted by molar-refractivity contribution is 4.88. The Labute approximate surface area is 107 Å². The van der Waals surface area contributed by atoms with Gasteiger partial charge in [0.05, 0.1) is 0 Å². The third-order valence-electron chi connectivity index (χ3n) is 5.01. The van der Waals surface area contributed by atoms with Gasteiger partial charge in [0.25, 0.3) is 0 Å². The van der Waals surface area contributed by atoms with Crippen LogP contribution < -0.4 is 11.1 Å². The quantitative estimate of drug-likeness (QED) is 0.722. The molecule has 2 fully saturated rings. The van der Waals surface area contributed by atoms with Crippen molar-refractivity contribution in [3.05, 3.63) is 0 Å². The van der Waals surface area contributed by atoms with Gasteiger partial charge in [0.2, 0.25) is 0 Å². The highest BCUT2D eigenvalue weighted by Gasteiger charge is 2.29. The minimum atomic E-state index is 0.155. The highest BCUT2D eigenvalue weighted by atomic mass is 14.9. The summed E-state index contributed by atoms with van der Waals surface area (Å²) >= 11 is 0. The minimum absolute atomic E-state index is 0.155. The first kappa shape index (κ1) is 13.4. The molecule has 0 saturated heterocycles. The van der Waals surface area contributed by atoms with Crippen LogP contribution >= 0.6 is 0 Å². The number of hydrogen-bond donors (Lipinski definition) is 2. The first-order valence-electron chi connectivity index (χ1n) is 7.62. The van der Waals surface area contributed by atoms with Gasteiger partial charge in [-0.3, -0.25) is 0 Å². The van der Waals surface area contributed by atoms with E-state index in [1.54, 1.807) is 0 Å². The predicted molar refractivity (Wildman–Crippen MR) is 74.1 cm³/mol. The summed E-state index contributed by atoms with van der Waals surface area (Å²) in [5.74, 6) is 0. The molecule has 2 aliphatic rings. The molecule has 17 heavy (non-hydrogen) atoms. The Morgan fingerprint density at radius 3 is 2.18 bits per heavy atom. The molecule has 0 heterocycles. The second-order valence-electron chi connectivity index (χ2n) is 6.87. The normalized spacial score (nSPS) is 27.2. The third kappa shape index (κ3) is 3.96. The van der Waals surface area contributed by atoms with Gasteiger partial charge >= 0.3 is 0 Å². The molecule has 0 bridgehead atoms. The van der Waals surface area contributed by atoms with Crippen molar-refractivity contribution in [3.8, 4) is 0 Å². The molecule has 2 rings (SSSR count). The molecular weight excluding hydrogens is 208 g/mol. The topological polar surface area (TPSA) is 38.0 Å². The summed E-state index contributed by atoms with van der Waals surface area (Å²) in [6, 6.07) is 0. The van der Waals surface area contributed by atoms with Crippen molar-refractivity contribution in [1.29, 1.82) is 0 Å². The van der Waals surface area contributed by atoms with Gasteiger partial charge in [0.15, 0.2) is 0 Å². The van der Waals surface area contributed by atoms with Gasteiger partial charge in [0, 0.05) is 12.1 Å². The molecule has 2 aliphatic carbocycles. The monoisotopic (exact) mass is 238 g/mol. The van der Waals surface area contributed by atoms with Crippen LogP contribution in [0.4, 0.5) is 0 Å². The van der Waals surface area contributed by atoms with E-state index in [0.717, 1.165) is 6.54 Å². The lowest BCUT2D eigenvalue weighted by molar-refractivity contribution is 0.261. The molecule has 0 aromatic carbocycles. The molecule has 0 atom stereocenters. The molecular formula is C15H30N2. The molecule has 0 aliphatic heterocycles. The zero-order valence-corrected chi connectivity index (χ0v) is 11.6. The van der Waals surface area contributed by atoms with Crippen molar-refractivity contribution in [2.45, 2.75) is 76.7 Å². The van der Waals surface area contributed by atoms with E-state index in [1.807, 2.05) is 0 Å². The fourth-order valence-corrected chi connectivity index (χ4v) is 3.64. The lowest BCUT2D eigenvalue weighted by Crippen LogP contribution is -2.44. The summed E-state index contributed by atoms with van der Waals surface area (Å²) in [6.45, 7) is 4.75. The number of nitrogens with one attached hydrogen (secondary N) is 1. The van der Waals surface area contributed by atoms with Crippen LogP contribution in [0.3, 0.4) is 0 Å². The summed E-state index contributed by atoms with van der Waals surface area (Å²) in [5.41, 5.74) is 7.18. The van der Waals surface area contributed by atoms with Gasteiger partial charge in [-0.25, -0.2) is 0 Å². The van der Waals surface area contributed by atoms with E-state index < -0.39 is 0 Å². The Hall–Kier alpha value is -0.0800. The van der Waals surface area contributed by atoms with E-state index >= 15 is 0 Å². The minimum Gasteiger partial charge on any atom is -0.325 e. The maximum atomic E-state index is 6.45. The maximum absolute atomic E-state index is 6.45. The van der Waals surface area contributed by atoms with Gasteiger partial charge < -0.3 is 11.1 Å². The average molecular weight is 238 g/mol. The summed E-state index contributed by atoms with van der Waals surface area (Å²) in [6.07, 6.45) is 13.4. The Morgan fingerprint density at radius 1 is 0.941 bits per heavy atom. The molecule has 0 spiro atoms. The lowest BCUT2D eigenvalue weighted by atomic mass is 9.80. The van der Waals surface area contributed by atoms with E-state index in [0.29, 0.717) is 5.41 Å². The Bertz CT molecular complexity index is 225. The van der Waals surface area contributed by atoms with Crippen molar-refractivity contribution in [3.63, 3.8) is 0 Å². The van der Waals surface area contributed by atoms with Crippen LogP contribution in [0.2, 0.25) is 0 Å². The van der Waals surface area contributed by atoms with Crippen LogP contribution in [0.1, 0.15) is 71.1 Å². The van der Waals surface area contributed by atoms with E-state index in [9.17, 15) is 0 Å². The molecule has 0 radical (unpaired) electrons. The maximum Gasteiger partial charge on any atom is 0.0166 e. The second kappa shape index (κ2) is 5.71. The summed E-state index contributed by atoms with van der Waals surface area (Å²) in [7, 11) is 0. The zero-order valence-electron chi connectivity index (χ0n) is 11.6. The second-order valence-corrected chi connectivity index (χ2v) is 6.87. The molecule has 2 saturated carbocycles. The van der Waals surface area contributed by atoms with Gasteiger partial charge in [-0.1, -0.05) is 39.0 Å². The lowest BCUT2D eigenvalue weighted by Gasteiger charge is -2.34. The highest BCUT2D eigenvalue weighted by Crippen LogP contribution is 2.36. The fraction of sp³-hybridized carbons (Fsp3) is 1.00. The molecule has 0 aromatic heterocycles. The zero-order chi connectivity index (χ0) is 12.2. The van der Waals surface area contributed by atoms with Crippen LogP contribution in [-0.4, -0.2) is 18.6 Å². The van der Waals surface area contributed by atoms with Gasteiger partial charge in [-0.2, -0.15) is 0 Å². The average Bonchev–Trinajstić information content (AvgIpc) is 2.73. The smallest absolute Gasteiger partial charge is 0.0166 e. The standard InChI is InChI=1S/C15H30N2/c1-14(7-5-6-8-14)13-17-12-11-15(16)9-3-2-4-10-15/h17H,2-13,16H2,1H3. The molecule has 2 heteroatoms. The Morgan fingerprint density at radius 2 is 1.53 bits per heavy atom. The summed E-state index contributed by atoms with van der Waals surface area (Å²) in [5, 5.41) is 3.66. The van der Waals surface area contributed by atoms with E-state index in [2.05, 4.69) is 12.2 Å². The Kier molecular flexibility index (Phi) is 4.48. The number of nitrogens with two attached hydrogens (primary N) is 1. The van der Waals surface area contributed by atoms with Crippen LogP contribution in [-0.2, 0) is 0 Å². The van der Waals surface area contributed by atoms with Gasteiger partial charge in [-0.15, -0.1) is 0 Å². The largest absolute Gasteiger partial charge is 0.325 e. The van der Waals surface area contributed by atoms with Gasteiger partial charge in [0.1, 0.15) is 0 Å². The van der Waals surface area contributed by atoms with Crippen molar-refractivity contribution < 1.29 is 0 Å². The molecule has 0 unspecified atom stereocenters. The molecule has 2 nitrogen and oxygen atoms in total. The molecule has 100 valence electrons. The number of rotatable bonds is 5. The summed E-state index contributed by atoms with van der Waals surface area (Å²) in [4.78, 5) is 0. The van der Waals surface area contributed by atoms with Gasteiger partial charge in [-0.05, 0) is 44.1 Å². The predicted octanol–water partition coefficient (Wildman–Crippen LogP) is 3.21. The summed E-state index contributed by atoms with van der Waals surface area (Å²) < 4.78 is 0. The third-order valence-corrected chi connectivity index (χ3v) is 5.01. The van der Waals surface area contributed by atoms with E-state index in [-0.39, 0.29) is 5.54 Å². The van der Waals surface area contributed by atoms with Crippen molar-refractivity contribution in [2.24, 2.45) is 11.1 Å². The van der Waals surface area contributed by atoms with Crippen LogP contribution in [0.15, 0.2) is 0 Å². The molecule has 0 aromatic rings. The van der Waals surface area contributed by atoms with Crippen molar-refractivity contribution in [2.75, 3.05) is 13.1 Å².